The molecule has 2 N–H and O–H groups in total. The number of pyridine rings is 1. The van der Waals surface area contributed by atoms with Crippen molar-refractivity contribution < 1.29 is 19.4 Å². The lowest BCUT2D eigenvalue weighted by atomic mass is 9.49. The Morgan fingerprint density at radius 1 is 1.03 bits per heavy atom. The molecule has 2 aliphatic carbocycles. The van der Waals surface area contributed by atoms with Crippen molar-refractivity contribution in [3.8, 4) is 17.0 Å². The molecule has 1 spiro atoms. The molecule has 2 aromatic carbocycles. The molecule has 6 rings (SSSR count). The summed E-state index contributed by atoms with van der Waals surface area (Å²) in [6.45, 7) is 0.503. The maximum atomic E-state index is 13.4. The number of aliphatic carboxylic acids is 1. The number of nitrogens with zero attached hydrogens (tertiary/aromatic N) is 3. The quantitative estimate of drug-likeness (QED) is 0.349. The minimum absolute atomic E-state index is 0.0901. The van der Waals surface area contributed by atoms with Crippen LogP contribution in [-0.4, -0.2) is 44.9 Å². The third kappa shape index (κ3) is 4.51. The Morgan fingerprint density at radius 2 is 1.74 bits per heavy atom. The number of nitrogens with one attached hydrogen (secondary N) is 1. The summed E-state index contributed by atoms with van der Waals surface area (Å²) in [7, 11) is 1.56. The molecule has 2 heterocycles. The zero-order valence-corrected chi connectivity index (χ0v) is 21.3. The molecule has 1 amide bonds. The van der Waals surface area contributed by atoms with E-state index in [9.17, 15) is 9.59 Å². The maximum Gasteiger partial charge on any atom is 0.303 e. The van der Waals surface area contributed by atoms with Gasteiger partial charge in [0.15, 0.2) is 0 Å². The van der Waals surface area contributed by atoms with Crippen molar-refractivity contribution in [1.82, 2.24) is 20.1 Å². The number of benzene rings is 2. The molecule has 2 aromatic heterocycles. The van der Waals surface area contributed by atoms with Crippen molar-refractivity contribution in [2.75, 3.05) is 7.11 Å². The van der Waals surface area contributed by atoms with Crippen molar-refractivity contribution >= 4 is 22.8 Å². The van der Waals surface area contributed by atoms with Gasteiger partial charge in [-0.3, -0.25) is 14.3 Å². The molecular weight excluding hydrogens is 480 g/mol. The van der Waals surface area contributed by atoms with Gasteiger partial charge in [-0.2, -0.15) is 5.10 Å². The smallest absolute Gasteiger partial charge is 0.303 e. The van der Waals surface area contributed by atoms with E-state index in [0.717, 1.165) is 42.4 Å². The van der Waals surface area contributed by atoms with Crippen LogP contribution in [0.4, 0.5) is 0 Å². The average Bonchev–Trinajstić information content (AvgIpc) is 3.30. The van der Waals surface area contributed by atoms with Gasteiger partial charge in [-0.25, -0.2) is 4.98 Å². The number of hydrogen-bond acceptors (Lipinski definition) is 5. The molecular formula is C30H30N4O4. The topological polar surface area (TPSA) is 106 Å². The molecule has 8 heteroatoms. The van der Waals surface area contributed by atoms with Crippen LogP contribution >= 0.6 is 0 Å². The van der Waals surface area contributed by atoms with E-state index in [-0.39, 0.29) is 29.7 Å². The van der Waals surface area contributed by atoms with Crippen LogP contribution in [0, 0.1) is 11.3 Å². The fraction of sp³-hybridized carbons (Fsp3) is 0.333. The summed E-state index contributed by atoms with van der Waals surface area (Å²) in [5.74, 6) is -0.198. The second kappa shape index (κ2) is 9.59. The van der Waals surface area contributed by atoms with Gasteiger partial charge in [0.25, 0.3) is 5.91 Å². The maximum absolute atomic E-state index is 13.4. The van der Waals surface area contributed by atoms with Crippen molar-refractivity contribution in [3.63, 3.8) is 0 Å². The van der Waals surface area contributed by atoms with Gasteiger partial charge in [0, 0.05) is 18.7 Å². The number of ether oxygens (including phenoxy) is 1. The molecule has 2 saturated carbocycles. The highest BCUT2D eigenvalue weighted by molar-refractivity contribution is 6.06. The van der Waals surface area contributed by atoms with Crippen LogP contribution in [-0.2, 0) is 11.3 Å². The first-order valence-corrected chi connectivity index (χ1v) is 13.0. The highest BCUT2D eigenvalue weighted by atomic mass is 16.5. The van der Waals surface area contributed by atoms with Crippen LogP contribution in [0.15, 0.2) is 67.0 Å². The molecule has 0 aliphatic heterocycles. The molecule has 2 fully saturated rings. The summed E-state index contributed by atoms with van der Waals surface area (Å²) >= 11 is 0. The number of amides is 1. The van der Waals surface area contributed by atoms with Crippen LogP contribution in [0.3, 0.4) is 0 Å². The molecule has 0 atom stereocenters. The van der Waals surface area contributed by atoms with Gasteiger partial charge in [0.1, 0.15) is 0 Å². The van der Waals surface area contributed by atoms with Crippen molar-refractivity contribution in [1.29, 1.82) is 0 Å². The third-order valence-corrected chi connectivity index (χ3v) is 8.07. The van der Waals surface area contributed by atoms with Crippen molar-refractivity contribution in [3.05, 3.63) is 78.1 Å². The van der Waals surface area contributed by atoms with Crippen LogP contribution in [0.5, 0.6) is 5.88 Å². The van der Waals surface area contributed by atoms with E-state index in [4.69, 9.17) is 9.84 Å². The summed E-state index contributed by atoms with van der Waals surface area (Å²) in [5.41, 5.74) is 4.75. The number of carboxylic acid groups (broad SMARTS) is 1. The van der Waals surface area contributed by atoms with Gasteiger partial charge in [0.05, 0.1) is 36.3 Å². The Balaban J connectivity index is 1.19. The summed E-state index contributed by atoms with van der Waals surface area (Å²) in [6.07, 6.45) is 7.18. The van der Waals surface area contributed by atoms with Crippen LogP contribution in [0.2, 0.25) is 0 Å². The minimum atomic E-state index is -0.728. The van der Waals surface area contributed by atoms with Gasteiger partial charge >= 0.3 is 5.97 Å². The highest BCUT2D eigenvalue weighted by Gasteiger charge is 2.53. The van der Waals surface area contributed by atoms with Crippen LogP contribution in [0.25, 0.3) is 22.0 Å². The van der Waals surface area contributed by atoms with Crippen LogP contribution in [0.1, 0.15) is 48.0 Å². The monoisotopic (exact) mass is 510 g/mol. The summed E-state index contributed by atoms with van der Waals surface area (Å²) in [5, 5.41) is 17.5. The normalized spacial score (nSPS) is 22.0. The zero-order chi connectivity index (χ0) is 26.3. The van der Waals surface area contributed by atoms with E-state index in [1.54, 1.807) is 19.5 Å². The fourth-order valence-corrected chi connectivity index (χ4v) is 6.38. The minimum Gasteiger partial charge on any atom is -0.481 e. The molecule has 0 saturated heterocycles. The first-order valence-electron chi connectivity index (χ1n) is 13.0. The van der Waals surface area contributed by atoms with E-state index < -0.39 is 5.97 Å². The lowest BCUT2D eigenvalue weighted by Gasteiger charge is -2.57. The standard InChI is InChI=1S/C30H30N4O4/c1-38-29-25-17-32-34(18-19-7-9-22(10-8-19)21-5-3-2-4-6-21)27(25)24(16-31-29)28(37)33-23-14-30(15-23)12-20(13-30)11-26(35)36/h2-10,16-17,20,23H,11-15,18H2,1H3,(H,33,37)(H,35,36). The number of carbonyl (C=O) groups excluding carboxylic acids is 1. The second-order valence-electron chi connectivity index (χ2n) is 10.8. The Hall–Kier alpha value is -4.20. The number of fused-ring (bicyclic) bond motifs is 1. The second-order valence-corrected chi connectivity index (χ2v) is 10.8. The van der Waals surface area contributed by atoms with E-state index in [2.05, 4.69) is 51.8 Å². The molecule has 194 valence electrons. The van der Waals surface area contributed by atoms with Crippen molar-refractivity contribution in [2.45, 2.75) is 44.7 Å². The van der Waals surface area contributed by atoms with E-state index >= 15 is 0 Å². The Bertz CT molecular complexity index is 1480. The number of methoxy groups -OCH3 is 1. The lowest BCUT2D eigenvalue weighted by Crippen LogP contribution is -2.56. The van der Waals surface area contributed by atoms with Gasteiger partial charge in [-0.15, -0.1) is 0 Å². The van der Waals surface area contributed by atoms with Gasteiger partial charge in [-0.05, 0) is 53.7 Å². The number of hydrogen-bond donors (Lipinski definition) is 2. The predicted molar refractivity (Wildman–Crippen MR) is 143 cm³/mol. The molecule has 8 nitrogen and oxygen atoms in total. The number of carboxylic acids is 1. The zero-order valence-electron chi connectivity index (χ0n) is 21.3. The van der Waals surface area contributed by atoms with Crippen molar-refractivity contribution in [2.24, 2.45) is 11.3 Å². The van der Waals surface area contributed by atoms with Crippen LogP contribution < -0.4 is 10.1 Å². The highest BCUT2D eigenvalue weighted by Crippen LogP contribution is 2.59. The fourth-order valence-electron chi connectivity index (χ4n) is 6.38. The SMILES string of the molecule is COc1ncc(C(=O)NC2CC3(CC(CC(=O)O)C3)C2)c2c1cnn2Cc1ccc(-c2ccccc2)cc1. The molecule has 0 radical (unpaired) electrons. The Morgan fingerprint density at radius 3 is 2.42 bits per heavy atom. The van der Waals surface area contributed by atoms with E-state index in [1.807, 2.05) is 22.9 Å². The van der Waals surface area contributed by atoms with E-state index in [0.29, 0.717) is 28.9 Å². The summed E-state index contributed by atoms with van der Waals surface area (Å²) in [4.78, 5) is 28.7. The Kier molecular flexibility index (Phi) is 6.10. The number of carbonyl (C=O) groups is 2. The predicted octanol–water partition coefficient (Wildman–Crippen LogP) is 4.92. The number of rotatable bonds is 8. The first kappa shape index (κ1) is 24.2. The number of aromatic nitrogens is 3. The molecule has 0 bridgehead atoms. The Labute approximate surface area is 220 Å². The van der Waals surface area contributed by atoms with Gasteiger partial charge in [0.2, 0.25) is 5.88 Å². The average molecular weight is 511 g/mol. The largest absolute Gasteiger partial charge is 0.481 e. The van der Waals surface area contributed by atoms with E-state index in [1.165, 1.54) is 0 Å². The molecule has 4 aromatic rings. The first-order chi connectivity index (χ1) is 18.4. The van der Waals surface area contributed by atoms with Gasteiger partial charge < -0.3 is 15.2 Å². The third-order valence-electron chi connectivity index (χ3n) is 8.07. The summed E-state index contributed by atoms with van der Waals surface area (Å²) in [6, 6.07) is 18.7. The lowest BCUT2D eigenvalue weighted by molar-refractivity contribution is -0.142. The molecule has 0 unspecified atom stereocenters. The molecule has 2 aliphatic rings. The van der Waals surface area contributed by atoms with Gasteiger partial charge in [-0.1, -0.05) is 54.6 Å². The summed E-state index contributed by atoms with van der Waals surface area (Å²) < 4.78 is 7.28. The molecule has 38 heavy (non-hydrogen) atoms.